The fourth-order valence-corrected chi connectivity index (χ4v) is 1.08. The van der Waals surface area contributed by atoms with E-state index in [1.807, 2.05) is 0 Å². The van der Waals surface area contributed by atoms with Gasteiger partial charge in [0, 0.05) is 10.9 Å². The first-order chi connectivity index (χ1) is 6.16. The van der Waals surface area contributed by atoms with Crippen LogP contribution in [-0.4, -0.2) is 20.6 Å². The molecular weight excluding hydrogens is 236 g/mol. The van der Waals surface area contributed by atoms with E-state index in [0.717, 1.165) is 0 Å². The third-order valence-electron chi connectivity index (χ3n) is 1.55. The fraction of sp³-hybridized carbons (Fsp3) is 0.111. The van der Waals surface area contributed by atoms with Gasteiger partial charge in [-0.15, -0.1) is 0 Å². The molecule has 1 aromatic rings. The molecule has 0 heterocycles. The van der Waals surface area contributed by atoms with E-state index in [1.165, 1.54) is 12.1 Å². The van der Waals surface area contributed by atoms with E-state index in [-0.39, 0.29) is 11.5 Å². The summed E-state index contributed by atoms with van der Waals surface area (Å²) in [6, 6.07) is 2.84. The van der Waals surface area contributed by atoms with Crippen molar-refractivity contribution in [2.24, 2.45) is 0 Å². The van der Waals surface area contributed by atoms with Crippen molar-refractivity contribution in [3.8, 4) is 17.2 Å². The number of alkyl halides is 1. The Kier molecular flexibility index (Phi) is 3.19. The Labute approximate surface area is 84.1 Å². The van der Waals surface area contributed by atoms with Gasteiger partial charge in [0.25, 0.3) is 0 Å². The van der Waals surface area contributed by atoms with Crippen molar-refractivity contribution in [3.63, 3.8) is 0 Å². The lowest BCUT2D eigenvalue weighted by atomic mass is 10.1. The molecule has 3 nitrogen and oxygen atoms in total. The summed E-state index contributed by atoms with van der Waals surface area (Å²) in [6.45, 7) is 0. The molecule has 0 radical (unpaired) electrons. The van der Waals surface area contributed by atoms with Crippen LogP contribution in [0.1, 0.15) is 5.56 Å². The molecule has 0 unspecified atom stereocenters. The first-order valence-corrected chi connectivity index (χ1v) is 4.75. The van der Waals surface area contributed by atoms with E-state index in [9.17, 15) is 5.11 Å². The van der Waals surface area contributed by atoms with Gasteiger partial charge in [0.05, 0.1) is 0 Å². The maximum Gasteiger partial charge on any atom is 0.200 e. The summed E-state index contributed by atoms with van der Waals surface area (Å²) in [4.78, 5) is 0. The minimum Gasteiger partial charge on any atom is -0.504 e. The molecule has 3 N–H and O–H groups in total. The first-order valence-electron chi connectivity index (χ1n) is 3.63. The molecule has 0 aliphatic carbocycles. The number of allylic oxidation sites excluding steroid dienone is 1. The summed E-state index contributed by atoms with van der Waals surface area (Å²) in [5.74, 6) is -1.12. The summed E-state index contributed by atoms with van der Waals surface area (Å²) in [6.07, 6.45) is 3.41. The molecule has 0 saturated carbocycles. The van der Waals surface area contributed by atoms with Crippen LogP contribution in [0, 0.1) is 0 Å². The zero-order valence-corrected chi connectivity index (χ0v) is 8.32. The number of hydrogen-bond acceptors (Lipinski definition) is 3. The predicted molar refractivity (Wildman–Crippen MR) is 54.3 cm³/mol. The maximum atomic E-state index is 9.33. The number of halogens is 1. The van der Waals surface area contributed by atoms with Gasteiger partial charge in [-0.25, -0.2) is 0 Å². The lowest BCUT2D eigenvalue weighted by molar-refractivity contribution is 0.367. The van der Waals surface area contributed by atoms with Crippen molar-refractivity contribution in [1.82, 2.24) is 0 Å². The van der Waals surface area contributed by atoms with Crippen molar-refractivity contribution < 1.29 is 15.3 Å². The molecule has 0 atom stereocenters. The van der Waals surface area contributed by atoms with Crippen molar-refractivity contribution in [3.05, 3.63) is 23.8 Å². The molecule has 0 fully saturated rings. The van der Waals surface area contributed by atoms with Crippen LogP contribution in [0.15, 0.2) is 18.2 Å². The fourth-order valence-electron chi connectivity index (χ4n) is 0.891. The monoisotopic (exact) mass is 244 g/mol. The summed E-state index contributed by atoms with van der Waals surface area (Å²) >= 11 is 3.18. The van der Waals surface area contributed by atoms with Crippen molar-refractivity contribution in [2.75, 3.05) is 5.33 Å². The number of phenols is 3. The highest BCUT2D eigenvalue weighted by Crippen LogP contribution is 2.37. The van der Waals surface area contributed by atoms with Crippen LogP contribution >= 0.6 is 15.9 Å². The second kappa shape index (κ2) is 4.18. The van der Waals surface area contributed by atoms with E-state index in [4.69, 9.17) is 10.2 Å². The van der Waals surface area contributed by atoms with E-state index in [2.05, 4.69) is 15.9 Å². The molecule has 1 rings (SSSR count). The van der Waals surface area contributed by atoms with E-state index in [1.54, 1.807) is 12.2 Å². The highest BCUT2D eigenvalue weighted by atomic mass is 79.9. The number of rotatable bonds is 2. The molecule has 0 amide bonds. The van der Waals surface area contributed by atoms with Gasteiger partial charge in [-0.05, 0) is 12.1 Å². The smallest absolute Gasteiger partial charge is 0.200 e. The first kappa shape index (κ1) is 9.92. The number of hydrogen-bond donors (Lipinski definition) is 3. The topological polar surface area (TPSA) is 60.7 Å². The minimum absolute atomic E-state index is 0.308. The Balaban J connectivity index is 3.11. The zero-order valence-electron chi connectivity index (χ0n) is 6.74. The molecule has 0 aliphatic heterocycles. The zero-order chi connectivity index (χ0) is 9.84. The van der Waals surface area contributed by atoms with Crippen molar-refractivity contribution in [1.29, 1.82) is 0 Å². The van der Waals surface area contributed by atoms with Gasteiger partial charge in [-0.1, -0.05) is 28.1 Å². The third-order valence-corrected chi connectivity index (χ3v) is 1.92. The van der Waals surface area contributed by atoms with E-state index < -0.39 is 5.75 Å². The highest BCUT2D eigenvalue weighted by Gasteiger charge is 2.07. The Morgan fingerprint density at radius 3 is 2.46 bits per heavy atom. The second-order valence-electron chi connectivity index (χ2n) is 2.43. The van der Waals surface area contributed by atoms with Gasteiger partial charge >= 0.3 is 0 Å². The maximum absolute atomic E-state index is 9.33. The molecule has 0 aromatic heterocycles. The van der Waals surface area contributed by atoms with E-state index >= 15 is 0 Å². The Hall–Kier alpha value is -1.16. The summed E-state index contributed by atoms with van der Waals surface area (Å²) in [7, 11) is 0. The number of benzene rings is 1. The van der Waals surface area contributed by atoms with Gasteiger partial charge in [0.1, 0.15) is 0 Å². The second-order valence-corrected chi connectivity index (χ2v) is 3.08. The Morgan fingerprint density at radius 1 is 1.15 bits per heavy atom. The molecular formula is C9H9BrO3. The molecule has 0 saturated heterocycles. The summed E-state index contributed by atoms with van der Waals surface area (Å²) in [5, 5.41) is 28.1. The number of phenolic OH excluding ortho intramolecular Hbond substituents is 3. The normalized spacial score (nSPS) is 10.8. The average molecular weight is 245 g/mol. The van der Waals surface area contributed by atoms with Crippen LogP contribution in [0.2, 0.25) is 0 Å². The van der Waals surface area contributed by atoms with Gasteiger partial charge in [0.15, 0.2) is 11.5 Å². The van der Waals surface area contributed by atoms with Gasteiger partial charge in [0.2, 0.25) is 5.75 Å². The molecule has 70 valence electrons. The summed E-state index contributed by atoms with van der Waals surface area (Å²) in [5.41, 5.74) is 0.467. The van der Waals surface area contributed by atoms with E-state index in [0.29, 0.717) is 10.9 Å². The van der Waals surface area contributed by atoms with Crippen LogP contribution in [0.25, 0.3) is 6.08 Å². The molecule has 1 aromatic carbocycles. The minimum atomic E-state index is -0.489. The standard InChI is InChI=1S/C9H9BrO3/c10-5-1-2-6-3-4-7(11)9(13)8(6)12/h1-4,11-13H,5H2. The van der Waals surface area contributed by atoms with Crippen LogP contribution in [0.4, 0.5) is 0 Å². The summed E-state index contributed by atoms with van der Waals surface area (Å²) < 4.78 is 0. The third kappa shape index (κ3) is 2.15. The van der Waals surface area contributed by atoms with Gasteiger partial charge in [-0.3, -0.25) is 0 Å². The molecule has 4 heteroatoms. The highest BCUT2D eigenvalue weighted by molar-refractivity contribution is 9.09. The van der Waals surface area contributed by atoms with Gasteiger partial charge < -0.3 is 15.3 Å². The van der Waals surface area contributed by atoms with Crippen molar-refractivity contribution in [2.45, 2.75) is 0 Å². The molecule has 0 bridgehead atoms. The average Bonchev–Trinajstić information content (AvgIpc) is 2.13. The number of aromatic hydroxyl groups is 3. The lowest BCUT2D eigenvalue weighted by Gasteiger charge is -2.03. The molecule has 0 aliphatic rings. The lowest BCUT2D eigenvalue weighted by Crippen LogP contribution is -1.77. The Morgan fingerprint density at radius 2 is 1.85 bits per heavy atom. The van der Waals surface area contributed by atoms with Crippen LogP contribution in [0.3, 0.4) is 0 Å². The van der Waals surface area contributed by atoms with Crippen LogP contribution in [0.5, 0.6) is 17.2 Å². The quantitative estimate of drug-likeness (QED) is 0.553. The largest absolute Gasteiger partial charge is 0.504 e. The molecule has 13 heavy (non-hydrogen) atoms. The van der Waals surface area contributed by atoms with Crippen LogP contribution < -0.4 is 0 Å². The molecule has 0 spiro atoms. The SMILES string of the molecule is Oc1ccc(C=CCBr)c(O)c1O. The Bertz CT molecular complexity index is 334. The van der Waals surface area contributed by atoms with Crippen LogP contribution in [-0.2, 0) is 0 Å². The van der Waals surface area contributed by atoms with Crippen molar-refractivity contribution >= 4 is 22.0 Å². The van der Waals surface area contributed by atoms with Gasteiger partial charge in [-0.2, -0.15) is 0 Å². The predicted octanol–water partition coefficient (Wildman–Crippen LogP) is 2.21.